The van der Waals surface area contributed by atoms with Gasteiger partial charge in [0, 0.05) is 10.7 Å². The SMILES string of the molecule is C[NH+](C)CCNC(=S)NNC(=S)Nc1cccc(Cl)c1. The van der Waals surface area contributed by atoms with Gasteiger partial charge < -0.3 is 15.5 Å². The molecular formula is C12H19ClN5S2+. The molecular weight excluding hydrogens is 314 g/mol. The monoisotopic (exact) mass is 332 g/mol. The second-order valence-electron chi connectivity index (χ2n) is 4.43. The maximum Gasteiger partial charge on any atom is 0.189 e. The first kappa shape index (κ1) is 16.9. The predicted octanol–water partition coefficient (Wildman–Crippen LogP) is 0.150. The third-order valence-corrected chi connectivity index (χ3v) is 2.97. The third kappa shape index (κ3) is 7.44. The van der Waals surface area contributed by atoms with Crippen molar-refractivity contribution in [1.29, 1.82) is 0 Å². The van der Waals surface area contributed by atoms with Gasteiger partial charge in [0.2, 0.25) is 0 Å². The molecule has 0 fully saturated rings. The quantitative estimate of drug-likeness (QED) is 0.400. The van der Waals surface area contributed by atoms with E-state index in [1.165, 1.54) is 4.90 Å². The van der Waals surface area contributed by atoms with Crippen molar-refractivity contribution >= 4 is 51.9 Å². The molecule has 1 rings (SSSR count). The van der Waals surface area contributed by atoms with E-state index in [2.05, 4.69) is 35.6 Å². The molecule has 0 unspecified atom stereocenters. The van der Waals surface area contributed by atoms with Crippen molar-refractivity contribution < 1.29 is 4.90 Å². The number of likely N-dealkylation sites (N-methyl/N-ethyl adjacent to an activating group) is 1. The van der Waals surface area contributed by atoms with Gasteiger partial charge >= 0.3 is 0 Å². The van der Waals surface area contributed by atoms with Crippen LogP contribution in [0.1, 0.15) is 0 Å². The fourth-order valence-electron chi connectivity index (χ4n) is 1.31. The molecule has 0 saturated carbocycles. The maximum atomic E-state index is 5.89. The lowest BCUT2D eigenvalue weighted by Crippen LogP contribution is -3.06. The summed E-state index contributed by atoms with van der Waals surface area (Å²) in [6.45, 7) is 1.78. The van der Waals surface area contributed by atoms with Crippen LogP contribution in [0.2, 0.25) is 5.02 Å². The molecule has 5 N–H and O–H groups in total. The van der Waals surface area contributed by atoms with E-state index in [4.69, 9.17) is 36.0 Å². The fourth-order valence-corrected chi connectivity index (χ4v) is 1.82. The fraction of sp³-hybridized carbons (Fsp3) is 0.333. The second kappa shape index (κ2) is 8.91. The maximum absolute atomic E-state index is 5.89. The highest BCUT2D eigenvalue weighted by Crippen LogP contribution is 2.14. The zero-order valence-electron chi connectivity index (χ0n) is 11.4. The molecule has 8 heteroatoms. The van der Waals surface area contributed by atoms with Crippen LogP contribution in [0.4, 0.5) is 5.69 Å². The topological polar surface area (TPSA) is 52.6 Å². The summed E-state index contributed by atoms with van der Waals surface area (Å²) in [5.41, 5.74) is 6.43. The van der Waals surface area contributed by atoms with E-state index in [0.717, 1.165) is 18.8 Å². The third-order valence-electron chi connectivity index (χ3n) is 2.28. The molecule has 20 heavy (non-hydrogen) atoms. The van der Waals surface area contributed by atoms with Gasteiger partial charge in [-0.15, -0.1) is 0 Å². The van der Waals surface area contributed by atoms with E-state index in [0.29, 0.717) is 15.2 Å². The van der Waals surface area contributed by atoms with Crippen molar-refractivity contribution in [3.8, 4) is 0 Å². The summed E-state index contributed by atoms with van der Waals surface area (Å²) in [7, 11) is 4.17. The van der Waals surface area contributed by atoms with Crippen LogP contribution in [0.25, 0.3) is 0 Å². The number of halogens is 1. The van der Waals surface area contributed by atoms with Gasteiger partial charge in [-0.05, 0) is 42.6 Å². The molecule has 1 aromatic carbocycles. The largest absolute Gasteiger partial charge is 0.356 e. The summed E-state index contributed by atoms with van der Waals surface area (Å²) < 4.78 is 0. The molecule has 0 aliphatic carbocycles. The molecule has 110 valence electrons. The van der Waals surface area contributed by atoms with Crippen LogP contribution < -0.4 is 26.4 Å². The highest BCUT2D eigenvalue weighted by atomic mass is 35.5. The van der Waals surface area contributed by atoms with Gasteiger partial charge in [0.1, 0.15) is 0 Å². The van der Waals surface area contributed by atoms with Crippen LogP contribution in [0, 0.1) is 0 Å². The van der Waals surface area contributed by atoms with Gasteiger partial charge in [-0.25, -0.2) is 0 Å². The molecule has 0 radical (unpaired) electrons. The first-order valence-electron chi connectivity index (χ1n) is 6.13. The molecule has 0 amide bonds. The van der Waals surface area contributed by atoms with Crippen molar-refractivity contribution in [1.82, 2.24) is 16.2 Å². The molecule has 0 aliphatic heterocycles. The minimum atomic E-state index is 0.412. The van der Waals surface area contributed by atoms with E-state index in [1.807, 2.05) is 12.1 Å². The Morgan fingerprint density at radius 3 is 2.55 bits per heavy atom. The molecule has 1 aromatic rings. The van der Waals surface area contributed by atoms with Gasteiger partial charge in [0.25, 0.3) is 0 Å². The van der Waals surface area contributed by atoms with Crippen molar-refractivity contribution in [2.45, 2.75) is 0 Å². The Bertz CT molecular complexity index is 467. The summed E-state index contributed by atoms with van der Waals surface area (Å²) >= 11 is 16.1. The van der Waals surface area contributed by atoms with Crippen molar-refractivity contribution in [3.63, 3.8) is 0 Å². The average molecular weight is 333 g/mol. The number of hydrogen-bond donors (Lipinski definition) is 5. The van der Waals surface area contributed by atoms with Gasteiger partial charge in [-0.1, -0.05) is 17.7 Å². The van der Waals surface area contributed by atoms with Crippen LogP contribution in [0.5, 0.6) is 0 Å². The Morgan fingerprint density at radius 2 is 1.90 bits per heavy atom. The van der Waals surface area contributed by atoms with Gasteiger partial charge in [-0.2, -0.15) is 0 Å². The highest BCUT2D eigenvalue weighted by Gasteiger charge is 2.00. The Kier molecular flexibility index (Phi) is 7.53. The van der Waals surface area contributed by atoms with Crippen LogP contribution in [0.15, 0.2) is 24.3 Å². The first-order valence-corrected chi connectivity index (χ1v) is 7.32. The standard InChI is InChI=1S/C12H18ClN5S2/c1-18(2)7-6-14-11(19)16-17-12(20)15-10-5-3-4-9(13)8-10/h3-5,8H,6-7H2,1-2H3,(H2,14,16,19)(H2,15,17,20)/p+1. The number of benzene rings is 1. The molecule has 0 bridgehead atoms. The first-order chi connectivity index (χ1) is 9.47. The summed E-state index contributed by atoms with van der Waals surface area (Å²) in [5.74, 6) is 0. The number of hydrogen-bond acceptors (Lipinski definition) is 2. The van der Waals surface area contributed by atoms with E-state index in [-0.39, 0.29) is 0 Å². The van der Waals surface area contributed by atoms with Gasteiger partial charge in [-0.3, -0.25) is 10.9 Å². The smallest absolute Gasteiger partial charge is 0.189 e. The lowest BCUT2D eigenvalue weighted by Gasteiger charge is -2.15. The molecule has 0 atom stereocenters. The lowest BCUT2D eigenvalue weighted by molar-refractivity contribution is -0.856. The zero-order chi connectivity index (χ0) is 15.0. The molecule has 0 heterocycles. The minimum absolute atomic E-state index is 0.412. The Hall–Kier alpha value is -1.15. The van der Waals surface area contributed by atoms with Crippen molar-refractivity contribution in [2.24, 2.45) is 0 Å². The van der Waals surface area contributed by atoms with Crippen molar-refractivity contribution in [2.75, 3.05) is 32.5 Å². The Balaban J connectivity index is 2.24. The van der Waals surface area contributed by atoms with Crippen LogP contribution >= 0.6 is 36.0 Å². The number of hydrazine groups is 1. The van der Waals surface area contributed by atoms with Crippen LogP contribution in [-0.2, 0) is 0 Å². The number of thiocarbonyl (C=S) groups is 2. The minimum Gasteiger partial charge on any atom is -0.356 e. The van der Waals surface area contributed by atoms with Crippen molar-refractivity contribution in [3.05, 3.63) is 29.3 Å². The number of rotatable bonds is 4. The molecule has 0 aliphatic rings. The number of quaternary nitrogens is 1. The van der Waals surface area contributed by atoms with Crippen LogP contribution in [0.3, 0.4) is 0 Å². The number of nitrogens with one attached hydrogen (secondary N) is 5. The summed E-state index contributed by atoms with van der Waals surface area (Å²) in [5, 5.41) is 7.63. The molecule has 0 spiro atoms. The number of anilines is 1. The normalized spacial score (nSPS) is 10.0. The predicted molar refractivity (Wildman–Crippen MR) is 92.2 cm³/mol. The lowest BCUT2D eigenvalue weighted by atomic mass is 10.3. The average Bonchev–Trinajstić information content (AvgIpc) is 2.36. The van der Waals surface area contributed by atoms with E-state index in [9.17, 15) is 0 Å². The van der Waals surface area contributed by atoms with E-state index >= 15 is 0 Å². The molecule has 0 aromatic heterocycles. The van der Waals surface area contributed by atoms with Crippen LogP contribution in [-0.4, -0.2) is 37.4 Å². The Labute approximate surface area is 135 Å². The zero-order valence-corrected chi connectivity index (χ0v) is 13.8. The highest BCUT2D eigenvalue weighted by molar-refractivity contribution is 7.80. The molecule has 0 saturated heterocycles. The van der Waals surface area contributed by atoms with E-state index < -0.39 is 0 Å². The van der Waals surface area contributed by atoms with E-state index in [1.54, 1.807) is 12.1 Å². The van der Waals surface area contributed by atoms with Gasteiger partial charge in [0.05, 0.1) is 27.2 Å². The molecule has 5 nitrogen and oxygen atoms in total. The van der Waals surface area contributed by atoms with Gasteiger partial charge in [0.15, 0.2) is 10.2 Å². The summed E-state index contributed by atoms with van der Waals surface area (Å²) in [4.78, 5) is 1.35. The Morgan fingerprint density at radius 1 is 1.20 bits per heavy atom. The second-order valence-corrected chi connectivity index (χ2v) is 5.68. The summed E-state index contributed by atoms with van der Waals surface area (Å²) in [6, 6.07) is 7.30. The summed E-state index contributed by atoms with van der Waals surface area (Å²) in [6.07, 6.45) is 0.